The lowest BCUT2D eigenvalue weighted by Gasteiger charge is -2.02. The van der Waals surface area contributed by atoms with Crippen molar-refractivity contribution in [3.05, 3.63) is 75.3 Å². The topological polar surface area (TPSA) is 58.6 Å². The van der Waals surface area contributed by atoms with E-state index >= 15 is 0 Å². The first-order chi connectivity index (χ1) is 13.4. The fourth-order valence-corrected chi connectivity index (χ4v) is 3.48. The number of halogens is 2. The van der Waals surface area contributed by atoms with Crippen LogP contribution in [0.4, 0.5) is 5.69 Å². The van der Waals surface area contributed by atoms with Crippen molar-refractivity contribution in [3.8, 4) is 17.2 Å². The summed E-state index contributed by atoms with van der Waals surface area (Å²) in [4.78, 5) is 8.98. The molecule has 0 aliphatic carbocycles. The lowest BCUT2D eigenvalue weighted by molar-refractivity contribution is 0.474. The molecule has 0 saturated carbocycles. The van der Waals surface area contributed by atoms with Crippen molar-refractivity contribution in [2.75, 3.05) is 0 Å². The fraction of sp³-hybridized carbons (Fsp3) is 0.0909. The number of hydrogen-bond acceptors (Lipinski definition) is 4. The second-order valence-electron chi connectivity index (χ2n) is 6.57. The Morgan fingerprint density at radius 2 is 1.86 bits per heavy atom. The number of aryl methyl sites for hydroxylation is 2. The van der Waals surface area contributed by atoms with E-state index in [0.29, 0.717) is 32.8 Å². The SMILES string of the molecule is Cc1cc(C)c2oc(-c3cc(N=Cc4ccc(Cl)cc4Cl)ccc3O)nc2c1. The van der Waals surface area contributed by atoms with Crippen molar-refractivity contribution in [2.45, 2.75) is 13.8 Å². The van der Waals surface area contributed by atoms with Crippen LogP contribution in [-0.4, -0.2) is 16.3 Å². The zero-order valence-electron chi connectivity index (χ0n) is 15.2. The van der Waals surface area contributed by atoms with Gasteiger partial charge in [0.1, 0.15) is 11.3 Å². The molecule has 0 aliphatic heterocycles. The van der Waals surface area contributed by atoms with E-state index in [9.17, 15) is 5.11 Å². The van der Waals surface area contributed by atoms with E-state index in [0.717, 1.165) is 22.2 Å². The van der Waals surface area contributed by atoms with Crippen molar-refractivity contribution in [3.63, 3.8) is 0 Å². The second kappa shape index (κ2) is 7.30. The van der Waals surface area contributed by atoms with E-state index in [1.165, 1.54) is 0 Å². The van der Waals surface area contributed by atoms with Gasteiger partial charge in [0.2, 0.25) is 5.89 Å². The van der Waals surface area contributed by atoms with Crippen LogP contribution in [0.25, 0.3) is 22.6 Å². The van der Waals surface area contributed by atoms with E-state index in [1.54, 1.807) is 42.6 Å². The van der Waals surface area contributed by atoms with Crippen molar-refractivity contribution in [1.82, 2.24) is 4.98 Å². The van der Waals surface area contributed by atoms with Gasteiger partial charge in [-0.2, -0.15) is 0 Å². The standard InChI is InChI=1S/C22H16Cl2N2O2/c1-12-7-13(2)21-19(8-12)26-22(28-21)17-10-16(5-6-20(17)27)25-11-14-3-4-15(23)9-18(14)24/h3-11,27H,1-2H3. The molecule has 1 heterocycles. The van der Waals surface area contributed by atoms with Crippen LogP contribution in [0, 0.1) is 13.8 Å². The van der Waals surface area contributed by atoms with Gasteiger partial charge in [0.25, 0.3) is 0 Å². The van der Waals surface area contributed by atoms with Crippen molar-refractivity contribution < 1.29 is 9.52 Å². The summed E-state index contributed by atoms with van der Waals surface area (Å²) >= 11 is 12.1. The molecule has 3 aromatic carbocycles. The third-order valence-corrected chi connectivity index (χ3v) is 4.91. The highest BCUT2D eigenvalue weighted by Crippen LogP contribution is 2.35. The Morgan fingerprint density at radius 3 is 2.64 bits per heavy atom. The van der Waals surface area contributed by atoms with Crippen molar-refractivity contribution in [2.24, 2.45) is 4.99 Å². The van der Waals surface area contributed by atoms with Crippen LogP contribution >= 0.6 is 23.2 Å². The molecule has 0 aliphatic rings. The molecule has 0 unspecified atom stereocenters. The minimum atomic E-state index is 0.0735. The van der Waals surface area contributed by atoms with E-state index in [4.69, 9.17) is 27.6 Å². The van der Waals surface area contributed by atoms with E-state index in [-0.39, 0.29) is 5.75 Å². The highest BCUT2D eigenvalue weighted by Gasteiger charge is 2.14. The molecule has 28 heavy (non-hydrogen) atoms. The first kappa shape index (κ1) is 18.5. The first-order valence-electron chi connectivity index (χ1n) is 8.61. The van der Waals surface area contributed by atoms with Crippen LogP contribution < -0.4 is 0 Å². The highest BCUT2D eigenvalue weighted by molar-refractivity contribution is 6.36. The zero-order chi connectivity index (χ0) is 19.8. The molecule has 1 aromatic heterocycles. The number of aromatic nitrogens is 1. The average molecular weight is 411 g/mol. The Hall–Kier alpha value is -2.82. The highest BCUT2D eigenvalue weighted by atomic mass is 35.5. The number of fused-ring (bicyclic) bond motifs is 1. The molecule has 0 amide bonds. The van der Waals surface area contributed by atoms with Crippen LogP contribution in [0.3, 0.4) is 0 Å². The van der Waals surface area contributed by atoms with E-state index < -0.39 is 0 Å². The maximum atomic E-state index is 10.3. The van der Waals surface area contributed by atoms with Gasteiger partial charge in [-0.05, 0) is 61.4 Å². The Kier molecular flexibility index (Phi) is 4.84. The summed E-state index contributed by atoms with van der Waals surface area (Å²) in [6.45, 7) is 3.98. The van der Waals surface area contributed by atoms with Gasteiger partial charge in [-0.3, -0.25) is 4.99 Å². The molecule has 1 N–H and O–H groups in total. The molecular weight excluding hydrogens is 395 g/mol. The number of phenols is 1. The lowest BCUT2D eigenvalue weighted by Crippen LogP contribution is -1.83. The van der Waals surface area contributed by atoms with Crippen molar-refractivity contribution in [1.29, 1.82) is 0 Å². The number of aromatic hydroxyl groups is 1. The molecule has 6 heteroatoms. The van der Waals surface area contributed by atoms with Gasteiger partial charge in [-0.15, -0.1) is 0 Å². The Balaban J connectivity index is 1.73. The summed E-state index contributed by atoms with van der Waals surface area (Å²) in [5, 5.41) is 11.4. The summed E-state index contributed by atoms with van der Waals surface area (Å²) in [5.74, 6) is 0.423. The molecule has 4 nitrogen and oxygen atoms in total. The van der Waals surface area contributed by atoms with Crippen LogP contribution in [0.1, 0.15) is 16.7 Å². The molecule has 0 fully saturated rings. The van der Waals surface area contributed by atoms with Crippen molar-refractivity contribution >= 4 is 46.2 Å². The van der Waals surface area contributed by atoms with Gasteiger partial charge < -0.3 is 9.52 Å². The van der Waals surface area contributed by atoms with Crippen LogP contribution in [0.2, 0.25) is 10.0 Å². The average Bonchev–Trinajstić information content (AvgIpc) is 3.06. The van der Waals surface area contributed by atoms with Gasteiger partial charge in [-0.25, -0.2) is 4.98 Å². The van der Waals surface area contributed by atoms with E-state index in [2.05, 4.69) is 9.98 Å². The first-order valence-corrected chi connectivity index (χ1v) is 9.36. The quantitative estimate of drug-likeness (QED) is 0.374. The molecule has 0 spiro atoms. The number of benzene rings is 3. The predicted molar refractivity (Wildman–Crippen MR) is 114 cm³/mol. The fourth-order valence-electron chi connectivity index (χ4n) is 3.02. The zero-order valence-corrected chi connectivity index (χ0v) is 16.7. The van der Waals surface area contributed by atoms with Gasteiger partial charge in [0, 0.05) is 16.8 Å². The number of hydrogen-bond donors (Lipinski definition) is 1. The van der Waals surface area contributed by atoms with Gasteiger partial charge >= 0.3 is 0 Å². The molecule has 0 bridgehead atoms. The normalized spacial score (nSPS) is 11.6. The molecular formula is C22H16Cl2N2O2. The molecule has 140 valence electrons. The minimum absolute atomic E-state index is 0.0735. The lowest BCUT2D eigenvalue weighted by atomic mass is 10.1. The maximum absolute atomic E-state index is 10.3. The van der Waals surface area contributed by atoms with Gasteiger partial charge in [-0.1, -0.05) is 35.3 Å². The number of nitrogens with zero attached hydrogens (tertiary/aromatic N) is 2. The molecule has 4 rings (SSSR count). The predicted octanol–water partition coefficient (Wildman–Crippen LogP) is 6.87. The number of aliphatic imine (C=N–C) groups is 1. The van der Waals surface area contributed by atoms with Crippen LogP contribution in [0.15, 0.2) is 57.9 Å². The smallest absolute Gasteiger partial charge is 0.231 e. The maximum Gasteiger partial charge on any atom is 0.231 e. The summed E-state index contributed by atoms with van der Waals surface area (Å²) in [5.41, 5.74) is 5.43. The summed E-state index contributed by atoms with van der Waals surface area (Å²) < 4.78 is 5.91. The summed E-state index contributed by atoms with van der Waals surface area (Å²) in [6.07, 6.45) is 1.65. The number of oxazole rings is 1. The summed E-state index contributed by atoms with van der Waals surface area (Å²) in [6, 6.07) is 14.2. The summed E-state index contributed by atoms with van der Waals surface area (Å²) in [7, 11) is 0. The molecule has 0 saturated heterocycles. The monoisotopic (exact) mass is 410 g/mol. The van der Waals surface area contributed by atoms with E-state index in [1.807, 2.05) is 26.0 Å². The Labute approximate surface area is 172 Å². The molecule has 0 atom stereocenters. The largest absolute Gasteiger partial charge is 0.507 e. The van der Waals surface area contributed by atoms with Gasteiger partial charge in [0.15, 0.2) is 5.58 Å². The van der Waals surface area contributed by atoms with Crippen LogP contribution in [0.5, 0.6) is 5.75 Å². The number of phenolic OH excluding ortho intramolecular Hbond substituents is 1. The Bertz CT molecular complexity index is 1230. The second-order valence-corrected chi connectivity index (χ2v) is 7.42. The number of rotatable bonds is 3. The third-order valence-electron chi connectivity index (χ3n) is 4.35. The minimum Gasteiger partial charge on any atom is -0.507 e. The van der Waals surface area contributed by atoms with Crippen LogP contribution in [-0.2, 0) is 0 Å². The van der Waals surface area contributed by atoms with Gasteiger partial charge in [0.05, 0.1) is 16.3 Å². The molecule has 4 aromatic rings. The third kappa shape index (κ3) is 3.61. The molecule has 0 radical (unpaired) electrons. The Morgan fingerprint density at radius 1 is 1.04 bits per heavy atom.